The van der Waals surface area contributed by atoms with Crippen LogP contribution in [0.5, 0.6) is 0 Å². The predicted octanol–water partition coefficient (Wildman–Crippen LogP) is 3.90. The zero-order valence-corrected chi connectivity index (χ0v) is 13.4. The Morgan fingerprint density at radius 2 is 1.83 bits per heavy atom. The van der Waals surface area contributed by atoms with Gasteiger partial charge >= 0.3 is 12.1 Å². The van der Waals surface area contributed by atoms with E-state index in [1.54, 1.807) is 18.2 Å². The molecule has 0 amide bonds. The van der Waals surface area contributed by atoms with Gasteiger partial charge in [-0.1, -0.05) is 36.9 Å². The molecule has 128 valence electrons. The van der Waals surface area contributed by atoms with E-state index in [1.807, 2.05) is 0 Å². The Hall–Kier alpha value is -1.47. The minimum absolute atomic E-state index is 0.0517. The molecule has 0 aliphatic heterocycles. The molecule has 23 heavy (non-hydrogen) atoms. The maximum Gasteiger partial charge on any atom is 0.395 e. The highest BCUT2D eigenvalue weighted by atomic mass is 32.2. The van der Waals surface area contributed by atoms with Gasteiger partial charge in [0.2, 0.25) is 0 Å². The standard InChI is InChI=1S/C16H20F3NO2S/c1-2-11-3-5-12(6-4-11)13(16(17,18)19)7-9-23-10-8-14(20)15(21)22/h2-6,13-14H,1,7-10,20H2,(H,21,22). The monoisotopic (exact) mass is 347 g/mol. The Labute approximate surface area is 137 Å². The molecule has 0 saturated heterocycles. The van der Waals surface area contributed by atoms with Crippen LogP contribution in [-0.2, 0) is 4.79 Å². The lowest BCUT2D eigenvalue weighted by atomic mass is 9.95. The van der Waals surface area contributed by atoms with E-state index in [0.717, 1.165) is 5.56 Å². The molecule has 0 aromatic heterocycles. The Kier molecular flexibility index (Phi) is 7.64. The summed E-state index contributed by atoms with van der Waals surface area (Å²) in [5.74, 6) is -1.91. The molecule has 1 aromatic carbocycles. The third kappa shape index (κ3) is 6.66. The lowest BCUT2D eigenvalue weighted by Gasteiger charge is -2.21. The molecule has 1 rings (SSSR count). The number of aliphatic carboxylic acids is 1. The number of carboxylic acids is 1. The van der Waals surface area contributed by atoms with Crippen molar-refractivity contribution in [3.8, 4) is 0 Å². The molecule has 3 nitrogen and oxygen atoms in total. The lowest BCUT2D eigenvalue weighted by molar-refractivity contribution is -0.150. The van der Waals surface area contributed by atoms with Gasteiger partial charge in [0.25, 0.3) is 0 Å². The summed E-state index contributed by atoms with van der Waals surface area (Å²) in [5.41, 5.74) is 6.34. The summed E-state index contributed by atoms with van der Waals surface area (Å²) in [4.78, 5) is 10.5. The summed E-state index contributed by atoms with van der Waals surface area (Å²) in [6, 6.07) is 5.20. The van der Waals surface area contributed by atoms with Crippen LogP contribution in [0, 0.1) is 0 Å². The molecule has 2 unspecified atom stereocenters. The van der Waals surface area contributed by atoms with Gasteiger partial charge in [0.1, 0.15) is 6.04 Å². The van der Waals surface area contributed by atoms with Gasteiger partial charge < -0.3 is 10.8 Å². The molecule has 0 heterocycles. The van der Waals surface area contributed by atoms with E-state index in [1.165, 1.54) is 23.9 Å². The largest absolute Gasteiger partial charge is 0.480 e. The van der Waals surface area contributed by atoms with Crippen molar-refractivity contribution in [3.63, 3.8) is 0 Å². The summed E-state index contributed by atoms with van der Waals surface area (Å²) in [5, 5.41) is 8.63. The van der Waals surface area contributed by atoms with Gasteiger partial charge in [-0.05, 0) is 35.5 Å². The van der Waals surface area contributed by atoms with Crippen LogP contribution in [0.1, 0.15) is 29.9 Å². The minimum atomic E-state index is -4.31. The van der Waals surface area contributed by atoms with Gasteiger partial charge in [-0.2, -0.15) is 24.9 Å². The number of hydrogen-bond acceptors (Lipinski definition) is 3. The molecular weight excluding hydrogens is 327 g/mol. The van der Waals surface area contributed by atoms with Crippen LogP contribution < -0.4 is 5.73 Å². The molecule has 0 bridgehead atoms. The smallest absolute Gasteiger partial charge is 0.395 e. The first-order valence-corrected chi connectivity index (χ1v) is 8.26. The van der Waals surface area contributed by atoms with Crippen LogP contribution in [-0.4, -0.2) is 34.8 Å². The molecule has 7 heteroatoms. The Morgan fingerprint density at radius 1 is 1.26 bits per heavy atom. The van der Waals surface area contributed by atoms with Crippen LogP contribution in [0.2, 0.25) is 0 Å². The topological polar surface area (TPSA) is 63.3 Å². The molecule has 0 fully saturated rings. The second-order valence-corrected chi connectivity index (χ2v) is 6.32. The molecule has 0 aliphatic rings. The number of nitrogens with two attached hydrogens (primary N) is 1. The first kappa shape index (κ1) is 19.6. The molecule has 0 spiro atoms. The third-order valence-electron chi connectivity index (χ3n) is 3.41. The summed E-state index contributed by atoms with van der Waals surface area (Å²) < 4.78 is 39.6. The van der Waals surface area contributed by atoms with Crippen molar-refractivity contribution in [1.29, 1.82) is 0 Å². The number of thioether (sulfide) groups is 1. The Bertz CT molecular complexity index is 517. The molecule has 3 N–H and O–H groups in total. The van der Waals surface area contributed by atoms with Gasteiger partial charge in [-0.3, -0.25) is 4.79 Å². The van der Waals surface area contributed by atoms with Gasteiger partial charge in [0, 0.05) is 0 Å². The van der Waals surface area contributed by atoms with Gasteiger partial charge in [0.15, 0.2) is 0 Å². The van der Waals surface area contributed by atoms with E-state index in [9.17, 15) is 18.0 Å². The number of carboxylic acid groups (broad SMARTS) is 1. The van der Waals surface area contributed by atoms with Crippen LogP contribution in [0.25, 0.3) is 6.08 Å². The normalized spacial score (nSPS) is 14.3. The van der Waals surface area contributed by atoms with Crippen molar-refractivity contribution >= 4 is 23.8 Å². The summed E-state index contributed by atoms with van der Waals surface area (Å²) >= 11 is 1.29. The number of hydrogen-bond donors (Lipinski definition) is 2. The Balaban J connectivity index is 2.56. The predicted molar refractivity (Wildman–Crippen MR) is 87.5 cm³/mol. The average Bonchev–Trinajstić information content (AvgIpc) is 2.49. The fourth-order valence-corrected chi connectivity index (χ4v) is 3.05. The van der Waals surface area contributed by atoms with E-state index >= 15 is 0 Å². The van der Waals surface area contributed by atoms with Crippen molar-refractivity contribution in [1.82, 2.24) is 0 Å². The highest BCUT2D eigenvalue weighted by Crippen LogP contribution is 2.38. The van der Waals surface area contributed by atoms with E-state index in [-0.39, 0.29) is 18.4 Å². The summed E-state index contributed by atoms with van der Waals surface area (Å²) in [7, 11) is 0. The maximum atomic E-state index is 13.2. The van der Waals surface area contributed by atoms with Crippen LogP contribution in [0.4, 0.5) is 13.2 Å². The molecule has 2 atom stereocenters. The van der Waals surface area contributed by atoms with Crippen molar-refractivity contribution in [3.05, 3.63) is 42.0 Å². The van der Waals surface area contributed by atoms with E-state index in [0.29, 0.717) is 11.5 Å². The minimum Gasteiger partial charge on any atom is -0.480 e. The van der Waals surface area contributed by atoms with Crippen molar-refractivity contribution in [2.75, 3.05) is 11.5 Å². The fourth-order valence-electron chi connectivity index (χ4n) is 2.02. The van der Waals surface area contributed by atoms with Crippen molar-refractivity contribution < 1.29 is 23.1 Å². The van der Waals surface area contributed by atoms with Gasteiger partial charge in [0.05, 0.1) is 5.92 Å². The van der Waals surface area contributed by atoms with Crippen LogP contribution >= 0.6 is 11.8 Å². The molecule has 0 aliphatic carbocycles. The highest BCUT2D eigenvalue weighted by molar-refractivity contribution is 7.99. The third-order valence-corrected chi connectivity index (χ3v) is 4.46. The van der Waals surface area contributed by atoms with Crippen LogP contribution in [0.3, 0.4) is 0 Å². The van der Waals surface area contributed by atoms with Gasteiger partial charge in [-0.25, -0.2) is 0 Å². The fraction of sp³-hybridized carbons (Fsp3) is 0.438. The highest BCUT2D eigenvalue weighted by Gasteiger charge is 2.40. The van der Waals surface area contributed by atoms with E-state index in [2.05, 4.69) is 6.58 Å². The van der Waals surface area contributed by atoms with Crippen molar-refractivity contribution in [2.24, 2.45) is 5.73 Å². The van der Waals surface area contributed by atoms with Gasteiger partial charge in [-0.15, -0.1) is 0 Å². The number of halogens is 3. The number of carbonyl (C=O) groups is 1. The van der Waals surface area contributed by atoms with E-state index < -0.39 is 24.1 Å². The lowest BCUT2D eigenvalue weighted by Crippen LogP contribution is -2.30. The zero-order valence-electron chi connectivity index (χ0n) is 12.6. The maximum absolute atomic E-state index is 13.2. The molecule has 1 aromatic rings. The summed E-state index contributed by atoms with van der Waals surface area (Å²) in [6.45, 7) is 3.57. The number of benzene rings is 1. The van der Waals surface area contributed by atoms with Crippen molar-refractivity contribution in [2.45, 2.75) is 31.0 Å². The Morgan fingerprint density at radius 3 is 2.30 bits per heavy atom. The first-order valence-electron chi connectivity index (χ1n) is 7.11. The molecule has 0 radical (unpaired) electrons. The van der Waals surface area contributed by atoms with Crippen LogP contribution in [0.15, 0.2) is 30.8 Å². The second-order valence-electron chi connectivity index (χ2n) is 5.10. The second kappa shape index (κ2) is 8.98. The zero-order chi connectivity index (χ0) is 17.5. The molecule has 0 saturated carbocycles. The van der Waals surface area contributed by atoms with E-state index in [4.69, 9.17) is 10.8 Å². The average molecular weight is 347 g/mol. The quantitative estimate of drug-likeness (QED) is 0.665. The number of alkyl halides is 3. The SMILES string of the molecule is C=Cc1ccc(C(CCSCCC(N)C(=O)O)C(F)(F)F)cc1. The number of rotatable bonds is 9. The summed E-state index contributed by atoms with van der Waals surface area (Å²) in [6.07, 6.45) is -2.55. The first-order chi connectivity index (χ1) is 10.8. The molecular formula is C16H20F3NO2S.